The first kappa shape index (κ1) is 19.9. The van der Waals surface area contributed by atoms with Crippen molar-refractivity contribution in [1.82, 2.24) is 10.3 Å². The molecule has 0 atom stereocenters. The van der Waals surface area contributed by atoms with Crippen molar-refractivity contribution >= 4 is 10.9 Å². The van der Waals surface area contributed by atoms with Crippen molar-refractivity contribution in [1.29, 1.82) is 0 Å². The first-order valence-corrected chi connectivity index (χ1v) is 10.1. The van der Waals surface area contributed by atoms with E-state index in [0.717, 1.165) is 51.3 Å². The molecule has 4 nitrogen and oxygen atoms in total. The van der Waals surface area contributed by atoms with Crippen LogP contribution < -0.4 is 14.8 Å². The molecule has 30 heavy (non-hydrogen) atoms. The number of methoxy groups -OCH3 is 2. The van der Waals surface area contributed by atoms with Gasteiger partial charge in [0.05, 0.1) is 25.4 Å². The molecule has 0 saturated carbocycles. The summed E-state index contributed by atoms with van der Waals surface area (Å²) in [5.74, 6) is 1.73. The van der Waals surface area contributed by atoms with Gasteiger partial charge in [0.2, 0.25) is 0 Å². The summed E-state index contributed by atoms with van der Waals surface area (Å²) < 4.78 is 10.8. The van der Waals surface area contributed by atoms with Crippen molar-refractivity contribution in [2.24, 2.45) is 0 Å². The third-order valence-corrected chi connectivity index (χ3v) is 5.24. The van der Waals surface area contributed by atoms with Crippen LogP contribution in [0.25, 0.3) is 22.2 Å². The minimum Gasteiger partial charge on any atom is -0.497 e. The highest BCUT2D eigenvalue weighted by atomic mass is 16.5. The van der Waals surface area contributed by atoms with Crippen molar-refractivity contribution in [3.63, 3.8) is 0 Å². The van der Waals surface area contributed by atoms with Crippen molar-refractivity contribution in [3.05, 3.63) is 89.5 Å². The van der Waals surface area contributed by atoms with Gasteiger partial charge in [-0.25, -0.2) is 4.98 Å². The molecule has 0 bridgehead atoms. The van der Waals surface area contributed by atoms with Crippen LogP contribution >= 0.6 is 0 Å². The Morgan fingerprint density at radius 2 is 1.57 bits per heavy atom. The number of ether oxygens (including phenoxy) is 2. The molecule has 0 fully saturated rings. The number of pyridine rings is 1. The van der Waals surface area contributed by atoms with Crippen molar-refractivity contribution in [2.45, 2.75) is 20.0 Å². The molecule has 4 rings (SSSR count). The molecule has 3 aromatic carbocycles. The van der Waals surface area contributed by atoms with Crippen LogP contribution in [0.5, 0.6) is 11.5 Å². The molecule has 152 valence electrons. The summed E-state index contributed by atoms with van der Waals surface area (Å²) in [6.07, 6.45) is 0. The molecule has 0 radical (unpaired) electrons. The lowest BCUT2D eigenvalue weighted by Crippen LogP contribution is -2.14. The number of para-hydroxylation sites is 1. The lowest BCUT2D eigenvalue weighted by atomic mass is 10.0. The van der Waals surface area contributed by atoms with E-state index in [9.17, 15) is 0 Å². The summed E-state index contributed by atoms with van der Waals surface area (Å²) in [5, 5.41) is 4.70. The molecule has 1 N–H and O–H groups in total. The molecule has 0 spiro atoms. The maximum absolute atomic E-state index is 5.47. The molecule has 0 aliphatic carbocycles. The third-order valence-electron chi connectivity index (χ3n) is 5.24. The fourth-order valence-corrected chi connectivity index (χ4v) is 3.64. The Hall–Kier alpha value is -3.37. The van der Waals surface area contributed by atoms with Crippen LogP contribution in [0.4, 0.5) is 0 Å². The minimum absolute atomic E-state index is 0.705. The Labute approximate surface area is 177 Å². The molecule has 0 saturated heterocycles. The fraction of sp³-hybridized carbons (Fsp3) is 0.192. The van der Waals surface area contributed by atoms with E-state index in [-0.39, 0.29) is 0 Å². The quantitative estimate of drug-likeness (QED) is 0.445. The lowest BCUT2D eigenvalue weighted by Gasteiger charge is -2.14. The first-order valence-electron chi connectivity index (χ1n) is 10.1. The highest BCUT2D eigenvalue weighted by molar-refractivity contribution is 5.84. The predicted octanol–water partition coefficient (Wildman–Crippen LogP) is 5.52. The summed E-state index contributed by atoms with van der Waals surface area (Å²) >= 11 is 0. The molecule has 0 amide bonds. The zero-order chi connectivity index (χ0) is 20.9. The summed E-state index contributed by atoms with van der Waals surface area (Å²) in [7, 11) is 3.38. The second kappa shape index (κ2) is 8.97. The van der Waals surface area contributed by atoms with Gasteiger partial charge in [0.25, 0.3) is 0 Å². The van der Waals surface area contributed by atoms with Crippen LogP contribution in [0.1, 0.15) is 16.7 Å². The second-order valence-electron chi connectivity index (χ2n) is 7.34. The average Bonchev–Trinajstić information content (AvgIpc) is 2.79. The van der Waals surface area contributed by atoms with Gasteiger partial charge in [0.1, 0.15) is 11.5 Å². The number of benzene rings is 3. The minimum atomic E-state index is 0.705. The van der Waals surface area contributed by atoms with E-state index in [1.54, 1.807) is 14.2 Å². The fourth-order valence-electron chi connectivity index (χ4n) is 3.64. The van der Waals surface area contributed by atoms with Crippen molar-refractivity contribution < 1.29 is 9.47 Å². The second-order valence-corrected chi connectivity index (χ2v) is 7.34. The smallest absolute Gasteiger partial charge is 0.123 e. The maximum Gasteiger partial charge on any atom is 0.123 e. The van der Waals surface area contributed by atoms with E-state index < -0.39 is 0 Å². The van der Waals surface area contributed by atoms with Crippen LogP contribution in [0.2, 0.25) is 0 Å². The summed E-state index contributed by atoms with van der Waals surface area (Å²) in [4.78, 5) is 5.02. The van der Waals surface area contributed by atoms with Crippen LogP contribution in [0.3, 0.4) is 0 Å². The van der Waals surface area contributed by atoms with Gasteiger partial charge in [-0.2, -0.15) is 0 Å². The molecular formula is C26H26N2O2. The number of hydrogen-bond donors (Lipinski definition) is 1. The third kappa shape index (κ3) is 4.29. The molecule has 0 aliphatic heterocycles. The number of fused-ring (bicyclic) bond motifs is 1. The summed E-state index contributed by atoms with van der Waals surface area (Å²) in [6, 6.07) is 24.8. The Balaban J connectivity index is 1.66. The Morgan fingerprint density at radius 3 is 2.33 bits per heavy atom. The number of nitrogens with zero attached hydrogens (tertiary/aromatic N) is 1. The number of hydrogen-bond acceptors (Lipinski definition) is 4. The SMILES string of the molecule is COc1ccc(-c2nc3cc(C)ccc3cc2CNCc2ccccc2OC)cc1. The van der Waals surface area contributed by atoms with E-state index in [1.165, 1.54) is 5.56 Å². The number of rotatable bonds is 7. The highest BCUT2D eigenvalue weighted by Crippen LogP contribution is 2.28. The molecule has 1 aromatic heterocycles. The van der Waals surface area contributed by atoms with Gasteiger partial charge in [-0.15, -0.1) is 0 Å². The molecule has 0 aliphatic rings. The molecule has 4 aromatic rings. The molecule has 4 heteroatoms. The number of aromatic nitrogens is 1. The number of aryl methyl sites for hydroxylation is 1. The van der Waals surface area contributed by atoms with Gasteiger partial charge in [-0.3, -0.25) is 0 Å². The largest absolute Gasteiger partial charge is 0.497 e. The zero-order valence-corrected chi connectivity index (χ0v) is 17.6. The van der Waals surface area contributed by atoms with Gasteiger partial charge in [0.15, 0.2) is 0 Å². The normalized spacial score (nSPS) is 10.9. The Morgan fingerprint density at radius 1 is 0.800 bits per heavy atom. The maximum atomic E-state index is 5.47. The predicted molar refractivity (Wildman–Crippen MR) is 122 cm³/mol. The summed E-state index contributed by atoms with van der Waals surface area (Å²) in [6.45, 7) is 3.52. The van der Waals surface area contributed by atoms with Crippen LogP contribution in [0, 0.1) is 6.92 Å². The Kier molecular flexibility index (Phi) is 5.96. The highest BCUT2D eigenvalue weighted by Gasteiger charge is 2.11. The topological polar surface area (TPSA) is 43.4 Å². The van der Waals surface area contributed by atoms with Crippen LogP contribution in [0.15, 0.2) is 72.8 Å². The van der Waals surface area contributed by atoms with E-state index >= 15 is 0 Å². The zero-order valence-electron chi connectivity index (χ0n) is 17.6. The van der Waals surface area contributed by atoms with Gasteiger partial charge < -0.3 is 14.8 Å². The van der Waals surface area contributed by atoms with Crippen molar-refractivity contribution in [3.8, 4) is 22.8 Å². The molecule has 0 unspecified atom stereocenters. The molecular weight excluding hydrogens is 372 g/mol. The summed E-state index contributed by atoms with van der Waals surface area (Å²) in [5.41, 5.74) is 6.57. The van der Waals surface area contributed by atoms with Gasteiger partial charge >= 0.3 is 0 Å². The van der Waals surface area contributed by atoms with E-state index in [1.807, 2.05) is 30.3 Å². The average molecular weight is 399 g/mol. The standard InChI is InChI=1S/C26H26N2O2/c1-18-8-9-20-15-22(17-27-16-21-6-4-5-7-25(21)30-3)26(28-24(20)14-18)19-10-12-23(29-2)13-11-19/h4-15,27H,16-17H2,1-3H3. The van der Waals surface area contributed by atoms with Crippen molar-refractivity contribution in [2.75, 3.05) is 14.2 Å². The Bertz CT molecular complexity index is 1150. The van der Waals surface area contributed by atoms with Gasteiger partial charge in [0, 0.05) is 29.6 Å². The number of nitrogens with one attached hydrogen (secondary N) is 1. The van der Waals surface area contributed by atoms with E-state index in [2.05, 4.69) is 54.7 Å². The van der Waals surface area contributed by atoms with E-state index in [4.69, 9.17) is 14.5 Å². The van der Waals surface area contributed by atoms with Gasteiger partial charge in [-0.1, -0.05) is 30.3 Å². The van der Waals surface area contributed by atoms with Gasteiger partial charge in [-0.05, 0) is 60.5 Å². The van der Waals surface area contributed by atoms with E-state index in [0.29, 0.717) is 6.54 Å². The lowest BCUT2D eigenvalue weighted by molar-refractivity contribution is 0.407. The van der Waals surface area contributed by atoms with Crippen LogP contribution in [-0.4, -0.2) is 19.2 Å². The van der Waals surface area contributed by atoms with Crippen LogP contribution in [-0.2, 0) is 13.1 Å². The monoisotopic (exact) mass is 398 g/mol. The first-order chi connectivity index (χ1) is 14.7. The molecule has 1 heterocycles.